The van der Waals surface area contributed by atoms with Crippen LogP contribution in [-0.2, 0) is 16.0 Å². The van der Waals surface area contributed by atoms with E-state index in [-0.39, 0.29) is 5.71 Å². The standard InChI is InChI=1S/C18H14BrClN2O2/c19-13-6-8-14(9-7-13)22-17(23)15(20)16(18(22)24)21-11-10-12-4-2-1-3-5-12/h1-9,15H,10-11H2. The van der Waals surface area contributed by atoms with Crippen LogP contribution in [0.4, 0.5) is 5.69 Å². The van der Waals surface area contributed by atoms with Gasteiger partial charge >= 0.3 is 0 Å². The van der Waals surface area contributed by atoms with Crippen molar-refractivity contribution in [3.8, 4) is 0 Å². The summed E-state index contributed by atoms with van der Waals surface area (Å²) in [7, 11) is 0. The minimum absolute atomic E-state index is 0.112. The van der Waals surface area contributed by atoms with Gasteiger partial charge in [0.25, 0.3) is 11.8 Å². The Morgan fingerprint density at radius 1 is 1.04 bits per heavy atom. The Hall–Kier alpha value is -1.98. The Bertz CT molecular complexity index is 790. The van der Waals surface area contributed by atoms with Gasteiger partial charge in [0.15, 0.2) is 5.38 Å². The van der Waals surface area contributed by atoms with E-state index < -0.39 is 17.2 Å². The van der Waals surface area contributed by atoms with E-state index in [1.807, 2.05) is 30.3 Å². The molecule has 1 aliphatic rings. The summed E-state index contributed by atoms with van der Waals surface area (Å²) in [5.41, 5.74) is 1.72. The molecular weight excluding hydrogens is 392 g/mol. The highest BCUT2D eigenvalue weighted by atomic mass is 79.9. The lowest BCUT2D eigenvalue weighted by Gasteiger charge is -2.13. The molecule has 1 fully saturated rings. The van der Waals surface area contributed by atoms with Crippen molar-refractivity contribution in [1.82, 2.24) is 0 Å². The second-order valence-electron chi connectivity index (χ2n) is 5.32. The van der Waals surface area contributed by atoms with Crippen molar-refractivity contribution in [3.63, 3.8) is 0 Å². The average Bonchev–Trinajstić information content (AvgIpc) is 2.80. The molecule has 2 aromatic carbocycles. The van der Waals surface area contributed by atoms with Gasteiger partial charge in [-0.3, -0.25) is 14.6 Å². The van der Waals surface area contributed by atoms with Crippen molar-refractivity contribution in [2.45, 2.75) is 11.8 Å². The van der Waals surface area contributed by atoms with Gasteiger partial charge in [-0.15, -0.1) is 11.6 Å². The summed E-state index contributed by atoms with van der Waals surface area (Å²) in [5, 5.41) is -1.03. The Morgan fingerprint density at radius 2 is 1.71 bits per heavy atom. The number of benzene rings is 2. The van der Waals surface area contributed by atoms with Crippen LogP contribution in [0.1, 0.15) is 5.56 Å². The average molecular weight is 406 g/mol. The van der Waals surface area contributed by atoms with Crippen LogP contribution in [0.2, 0.25) is 0 Å². The van der Waals surface area contributed by atoms with Crippen molar-refractivity contribution in [2.75, 3.05) is 11.4 Å². The van der Waals surface area contributed by atoms with Crippen molar-refractivity contribution in [1.29, 1.82) is 0 Å². The van der Waals surface area contributed by atoms with Gasteiger partial charge in [-0.25, -0.2) is 4.90 Å². The highest BCUT2D eigenvalue weighted by molar-refractivity contribution is 9.10. The molecule has 1 aliphatic heterocycles. The molecule has 2 amide bonds. The quantitative estimate of drug-likeness (QED) is 0.576. The molecule has 122 valence electrons. The zero-order valence-electron chi connectivity index (χ0n) is 12.7. The second kappa shape index (κ2) is 7.28. The number of amides is 2. The van der Waals surface area contributed by atoms with E-state index in [1.165, 1.54) is 0 Å². The molecule has 0 N–H and O–H groups in total. The van der Waals surface area contributed by atoms with Crippen molar-refractivity contribution in [2.24, 2.45) is 4.99 Å². The highest BCUT2D eigenvalue weighted by Crippen LogP contribution is 2.26. The second-order valence-corrected chi connectivity index (χ2v) is 6.67. The summed E-state index contributed by atoms with van der Waals surface area (Å²) in [6, 6.07) is 16.8. The van der Waals surface area contributed by atoms with Gasteiger partial charge in [0.05, 0.1) is 5.69 Å². The van der Waals surface area contributed by atoms with Crippen LogP contribution < -0.4 is 4.90 Å². The molecule has 4 nitrogen and oxygen atoms in total. The van der Waals surface area contributed by atoms with Gasteiger partial charge < -0.3 is 0 Å². The number of imide groups is 1. The minimum Gasteiger partial charge on any atom is -0.282 e. The highest BCUT2D eigenvalue weighted by Gasteiger charge is 2.44. The maximum absolute atomic E-state index is 12.5. The van der Waals surface area contributed by atoms with E-state index >= 15 is 0 Å². The zero-order valence-corrected chi connectivity index (χ0v) is 15.0. The Balaban J connectivity index is 1.77. The van der Waals surface area contributed by atoms with E-state index in [0.717, 1.165) is 14.9 Å². The molecule has 24 heavy (non-hydrogen) atoms. The number of alkyl halides is 1. The summed E-state index contributed by atoms with van der Waals surface area (Å²) in [6.45, 7) is 0.412. The van der Waals surface area contributed by atoms with Crippen LogP contribution in [0.25, 0.3) is 0 Å². The first-order valence-electron chi connectivity index (χ1n) is 7.44. The molecule has 6 heteroatoms. The number of halogens is 2. The summed E-state index contributed by atoms with van der Waals surface area (Å²) in [4.78, 5) is 30.2. The van der Waals surface area contributed by atoms with Crippen molar-refractivity contribution >= 4 is 50.7 Å². The molecule has 0 bridgehead atoms. The van der Waals surface area contributed by atoms with Crippen molar-refractivity contribution < 1.29 is 9.59 Å². The normalized spacial score (nSPS) is 19.3. The van der Waals surface area contributed by atoms with E-state index in [2.05, 4.69) is 20.9 Å². The molecule has 1 atom stereocenters. The van der Waals surface area contributed by atoms with Crippen LogP contribution in [0.5, 0.6) is 0 Å². The molecule has 1 unspecified atom stereocenters. The predicted octanol–water partition coefficient (Wildman–Crippen LogP) is 3.61. The molecular formula is C18H14BrClN2O2. The van der Waals surface area contributed by atoms with Crippen LogP contribution >= 0.6 is 27.5 Å². The number of anilines is 1. The lowest BCUT2D eigenvalue weighted by atomic mass is 10.1. The van der Waals surface area contributed by atoms with E-state index in [1.54, 1.807) is 24.3 Å². The van der Waals surface area contributed by atoms with Gasteiger partial charge in [-0.1, -0.05) is 46.3 Å². The first kappa shape index (κ1) is 16.9. The largest absolute Gasteiger partial charge is 0.282 e. The number of hydrogen-bond acceptors (Lipinski definition) is 3. The summed E-state index contributed by atoms with van der Waals surface area (Å²) in [6.07, 6.45) is 0.688. The third-order valence-electron chi connectivity index (χ3n) is 3.71. The topological polar surface area (TPSA) is 49.7 Å². The van der Waals surface area contributed by atoms with Gasteiger partial charge in [-0.05, 0) is 36.2 Å². The number of hydrogen-bond donors (Lipinski definition) is 0. The van der Waals surface area contributed by atoms with Gasteiger partial charge in [0, 0.05) is 11.0 Å². The first-order valence-corrected chi connectivity index (χ1v) is 8.67. The van der Waals surface area contributed by atoms with Crippen LogP contribution in [-0.4, -0.2) is 29.4 Å². The van der Waals surface area contributed by atoms with Gasteiger partial charge in [0.2, 0.25) is 0 Å². The molecule has 0 radical (unpaired) electrons. The third kappa shape index (κ3) is 3.42. The molecule has 0 aliphatic carbocycles. The lowest BCUT2D eigenvalue weighted by molar-refractivity contribution is -0.120. The smallest absolute Gasteiger partial charge is 0.281 e. The Kier molecular flexibility index (Phi) is 5.11. The minimum atomic E-state index is -1.03. The SMILES string of the molecule is O=C1C(=NCCc2ccccc2)C(Cl)C(=O)N1c1ccc(Br)cc1. The number of carbonyl (C=O) groups excluding carboxylic acids is 2. The fourth-order valence-corrected chi connectivity index (χ4v) is 3.01. The van der Waals surface area contributed by atoms with Crippen molar-refractivity contribution in [3.05, 3.63) is 64.6 Å². The van der Waals surface area contributed by atoms with Crippen LogP contribution in [0, 0.1) is 0 Å². The number of carbonyl (C=O) groups is 2. The van der Waals surface area contributed by atoms with Gasteiger partial charge in [0.1, 0.15) is 5.71 Å². The maximum Gasteiger partial charge on any atom is 0.281 e. The first-order chi connectivity index (χ1) is 11.6. The fraction of sp³-hybridized carbons (Fsp3) is 0.167. The molecule has 0 aromatic heterocycles. The number of rotatable bonds is 4. The number of nitrogens with zero attached hydrogens (tertiary/aromatic N) is 2. The lowest BCUT2D eigenvalue weighted by Crippen LogP contribution is -2.31. The number of aliphatic imine (C=N–C) groups is 1. The molecule has 1 heterocycles. The fourth-order valence-electron chi connectivity index (χ4n) is 2.49. The Morgan fingerprint density at radius 3 is 2.38 bits per heavy atom. The van der Waals surface area contributed by atoms with Crippen LogP contribution in [0.15, 0.2) is 64.1 Å². The van der Waals surface area contributed by atoms with E-state index in [0.29, 0.717) is 18.7 Å². The zero-order chi connectivity index (χ0) is 17.1. The Labute approximate surface area is 153 Å². The van der Waals surface area contributed by atoms with E-state index in [9.17, 15) is 9.59 Å². The molecule has 0 spiro atoms. The molecule has 0 saturated carbocycles. The molecule has 3 rings (SSSR count). The summed E-state index contributed by atoms with van der Waals surface area (Å²) >= 11 is 9.46. The van der Waals surface area contributed by atoms with Crippen LogP contribution in [0.3, 0.4) is 0 Å². The summed E-state index contributed by atoms with van der Waals surface area (Å²) < 4.78 is 0.865. The van der Waals surface area contributed by atoms with Gasteiger partial charge in [-0.2, -0.15) is 0 Å². The summed E-state index contributed by atoms with van der Waals surface area (Å²) in [5.74, 6) is -0.905. The molecule has 2 aromatic rings. The van der Waals surface area contributed by atoms with E-state index in [4.69, 9.17) is 11.6 Å². The predicted molar refractivity (Wildman–Crippen MR) is 98.7 cm³/mol. The monoisotopic (exact) mass is 404 g/mol. The molecule has 1 saturated heterocycles. The maximum atomic E-state index is 12.5. The third-order valence-corrected chi connectivity index (χ3v) is 4.63.